The van der Waals surface area contributed by atoms with Gasteiger partial charge in [-0.3, -0.25) is 0 Å². The zero-order valence-electron chi connectivity index (χ0n) is 18.5. The lowest BCUT2D eigenvalue weighted by atomic mass is 10.2. The molecule has 1 aliphatic rings. The first-order chi connectivity index (χ1) is 15.1. The van der Waals surface area contributed by atoms with E-state index < -0.39 is 0 Å². The minimum atomic E-state index is -0.0270. The van der Waals surface area contributed by atoms with Crippen molar-refractivity contribution < 1.29 is 9.53 Å². The molecule has 1 fully saturated rings. The topological polar surface area (TPSA) is 59.4 Å². The molecule has 0 aliphatic heterocycles. The Labute approximate surface area is 183 Å². The fraction of sp³-hybridized carbons (Fsp3) is 0.360. The van der Waals surface area contributed by atoms with E-state index in [0.29, 0.717) is 19.0 Å². The lowest BCUT2D eigenvalue weighted by Crippen LogP contribution is -2.41. The zero-order chi connectivity index (χ0) is 21.8. The molecule has 2 amide bonds. The molecule has 162 valence electrons. The number of nitrogens with zero attached hydrogens (tertiary/aromatic N) is 3. The molecular weight excluding hydrogens is 388 g/mol. The second-order valence-corrected chi connectivity index (χ2v) is 7.94. The second kappa shape index (κ2) is 9.25. The van der Waals surface area contributed by atoms with E-state index in [2.05, 4.69) is 19.2 Å². The number of urea groups is 1. The Kier molecular flexibility index (Phi) is 6.26. The maximum absolute atomic E-state index is 12.8. The van der Waals surface area contributed by atoms with Gasteiger partial charge in [0.15, 0.2) is 0 Å². The van der Waals surface area contributed by atoms with Crippen LogP contribution in [0.4, 0.5) is 4.79 Å². The number of rotatable bonds is 8. The Morgan fingerprint density at radius 1 is 1.13 bits per heavy atom. The smallest absolute Gasteiger partial charge is 0.317 e. The third-order valence-corrected chi connectivity index (χ3v) is 5.50. The molecule has 1 aliphatic carbocycles. The van der Waals surface area contributed by atoms with E-state index in [9.17, 15) is 4.79 Å². The highest BCUT2D eigenvalue weighted by Gasteiger charge is 2.34. The summed E-state index contributed by atoms with van der Waals surface area (Å²) in [5, 5.41) is 7.84. The molecule has 0 spiro atoms. The van der Waals surface area contributed by atoms with Gasteiger partial charge in [-0.2, -0.15) is 5.10 Å². The lowest BCUT2D eigenvalue weighted by Gasteiger charge is -2.23. The third kappa shape index (κ3) is 4.74. The molecule has 1 N–H and O–H groups in total. The van der Waals surface area contributed by atoms with E-state index in [1.54, 1.807) is 0 Å². The van der Waals surface area contributed by atoms with Gasteiger partial charge in [0, 0.05) is 12.6 Å². The summed E-state index contributed by atoms with van der Waals surface area (Å²) < 4.78 is 8.27. The SMILES string of the molecule is CCNC(=O)N(Cc1c(CC)nn(-c2ccccc2)c1Oc1ccc(C)cc1)C1CC1. The lowest BCUT2D eigenvalue weighted by molar-refractivity contribution is 0.192. The van der Waals surface area contributed by atoms with Gasteiger partial charge >= 0.3 is 6.03 Å². The molecule has 0 radical (unpaired) electrons. The standard InChI is InChI=1S/C25H30N4O2/c1-4-23-22(17-28(19-13-14-19)25(30)26-5-2)24(31-21-15-11-18(3)12-16-21)29(27-23)20-9-7-6-8-10-20/h6-12,15-16,19H,4-5,13-14,17H2,1-3H3,(H,26,30). The van der Waals surface area contributed by atoms with Gasteiger partial charge in [-0.1, -0.05) is 42.8 Å². The minimum absolute atomic E-state index is 0.0270. The van der Waals surface area contributed by atoms with Crippen molar-refractivity contribution in [2.24, 2.45) is 0 Å². The molecule has 1 heterocycles. The van der Waals surface area contributed by atoms with Crippen LogP contribution < -0.4 is 10.1 Å². The summed E-state index contributed by atoms with van der Waals surface area (Å²) in [4.78, 5) is 14.7. The molecule has 0 atom stereocenters. The van der Waals surface area contributed by atoms with Crippen LogP contribution >= 0.6 is 0 Å². The van der Waals surface area contributed by atoms with Gasteiger partial charge in [0.25, 0.3) is 0 Å². The van der Waals surface area contributed by atoms with Crippen LogP contribution in [0.15, 0.2) is 54.6 Å². The first-order valence-corrected chi connectivity index (χ1v) is 11.1. The number of hydrogen-bond acceptors (Lipinski definition) is 3. The summed E-state index contributed by atoms with van der Waals surface area (Å²) in [6.07, 6.45) is 2.84. The quantitative estimate of drug-likeness (QED) is 0.545. The number of aryl methyl sites for hydroxylation is 2. The van der Waals surface area contributed by atoms with Gasteiger partial charge in [-0.05, 0) is 57.4 Å². The maximum atomic E-state index is 12.8. The molecular formula is C25H30N4O2. The first-order valence-electron chi connectivity index (χ1n) is 11.1. The number of carbonyl (C=O) groups is 1. The summed E-state index contributed by atoms with van der Waals surface area (Å²) in [6.45, 7) is 7.18. The number of hydrogen-bond donors (Lipinski definition) is 1. The van der Waals surface area contributed by atoms with Crippen LogP contribution in [0.2, 0.25) is 0 Å². The normalized spacial score (nSPS) is 13.1. The Hall–Kier alpha value is -3.28. The van der Waals surface area contributed by atoms with Gasteiger partial charge in [-0.25, -0.2) is 9.48 Å². The molecule has 0 unspecified atom stereocenters. The van der Waals surface area contributed by atoms with Crippen molar-refractivity contribution in [3.63, 3.8) is 0 Å². The summed E-state index contributed by atoms with van der Waals surface area (Å²) in [6, 6.07) is 18.2. The largest absolute Gasteiger partial charge is 0.439 e. The molecule has 6 heteroatoms. The number of amides is 2. The van der Waals surface area contributed by atoms with Crippen molar-refractivity contribution in [1.29, 1.82) is 0 Å². The summed E-state index contributed by atoms with van der Waals surface area (Å²) in [5.41, 5.74) is 4.02. The van der Waals surface area contributed by atoms with Gasteiger partial charge in [0.05, 0.1) is 23.5 Å². The fourth-order valence-corrected chi connectivity index (χ4v) is 3.66. The Morgan fingerprint density at radius 3 is 2.45 bits per heavy atom. The molecule has 0 saturated heterocycles. The van der Waals surface area contributed by atoms with Crippen LogP contribution in [0.1, 0.15) is 43.5 Å². The van der Waals surface area contributed by atoms with Crippen LogP contribution in [0.25, 0.3) is 5.69 Å². The number of para-hydroxylation sites is 1. The van der Waals surface area contributed by atoms with Gasteiger partial charge in [-0.15, -0.1) is 0 Å². The average molecular weight is 419 g/mol. The molecule has 31 heavy (non-hydrogen) atoms. The highest BCUT2D eigenvalue weighted by molar-refractivity contribution is 5.75. The van der Waals surface area contributed by atoms with Crippen molar-refractivity contribution in [2.45, 2.75) is 52.6 Å². The van der Waals surface area contributed by atoms with Gasteiger partial charge in [0.1, 0.15) is 5.75 Å². The number of carbonyl (C=O) groups excluding carboxylic acids is 1. The van der Waals surface area contributed by atoms with E-state index in [-0.39, 0.29) is 12.1 Å². The fourth-order valence-electron chi connectivity index (χ4n) is 3.66. The van der Waals surface area contributed by atoms with Crippen molar-refractivity contribution in [2.75, 3.05) is 6.54 Å². The molecule has 1 saturated carbocycles. The van der Waals surface area contributed by atoms with E-state index in [1.165, 1.54) is 5.56 Å². The summed E-state index contributed by atoms with van der Waals surface area (Å²) in [7, 11) is 0. The molecule has 1 aromatic heterocycles. The predicted octanol–water partition coefficient (Wildman–Crippen LogP) is 5.23. The second-order valence-electron chi connectivity index (χ2n) is 7.94. The van der Waals surface area contributed by atoms with Crippen molar-refractivity contribution in [1.82, 2.24) is 20.0 Å². The predicted molar refractivity (Wildman–Crippen MR) is 122 cm³/mol. The highest BCUT2D eigenvalue weighted by atomic mass is 16.5. The maximum Gasteiger partial charge on any atom is 0.317 e. The first kappa shape index (κ1) is 21.0. The summed E-state index contributed by atoms with van der Waals surface area (Å²) >= 11 is 0. The molecule has 2 aromatic carbocycles. The minimum Gasteiger partial charge on any atom is -0.439 e. The van der Waals surface area contributed by atoms with Crippen molar-refractivity contribution >= 4 is 6.03 Å². The van der Waals surface area contributed by atoms with E-state index in [1.807, 2.05) is 71.1 Å². The van der Waals surface area contributed by atoms with Crippen LogP contribution in [-0.2, 0) is 13.0 Å². The van der Waals surface area contributed by atoms with E-state index >= 15 is 0 Å². The Balaban J connectivity index is 1.77. The van der Waals surface area contributed by atoms with Crippen molar-refractivity contribution in [3.8, 4) is 17.3 Å². The average Bonchev–Trinajstić information content (AvgIpc) is 3.57. The molecule has 0 bridgehead atoms. The van der Waals surface area contributed by atoms with E-state index in [0.717, 1.165) is 42.0 Å². The Morgan fingerprint density at radius 2 is 1.84 bits per heavy atom. The highest BCUT2D eigenvalue weighted by Crippen LogP contribution is 2.35. The van der Waals surface area contributed by atoms with Gasteiger partial charge in [0.2, 0.25) is 5.88 Å². The third-order valence-electron chi connectivity index (χ3n) is 5.50. The number of aromatic nitrogens is 2. The molecule has 4 rings (SSSR count). The van der Waals surface area contributed by atoms with Crippen molar-refractivity contribution in [3.05, 3.63) is 71.4 Å². The van der Waals surface area contributed by atoms with Crippen LogP contribution in [-0.4, -0.2) is 33.3 Å². The molecule has 3 aromatic rings. The van der Waals surface area contributed by atoms with E-state index in [4.69, 9.17) is 9.84 Å². The monoisotopic (exact) mass is 418 g/mol. The molecule has 6 nitrogen and oxygen atoms in total. The Bertz CT molecular complexity index is 1020. The van der Waals surface area contributed by atoms with Gasteiger partial charge < -0.3 is 15.0 Å². The summed E-state index contributed by atoms with van der Waals surface area (Å²) in [5.74, 6) is 1.42. The van der Waals surface area contributed by atoms with Crippen LogP contribution in [0, 0.1) is 6.92 Å². The number of benzene rings is 2. The van der Waals surface area contributed by atoms with Crippen LogP contribution in [0.5, 0.6) is 11.6 Å². The number of ether oxygens (including phenoxy) is 1. The number of nitrogens with one attached hydrogen (secondary N) is 1. The zero-order valence-corrected chi connectivity index (χ0v) is 18.5. The van der Waals surface area contributed by atoms with Crippen LogP contribution in [0.3, 0.4) is 0 Å².